The highest BCUT2D eigenvalue weighted by molar-refractivity contribution is 5.85. The van der Waals surface area contributed by atoms with Crippen LogP contribution in [0.25, 0.3) is 0 Å². The largest absolute Gasteiger partial charge is 0.481 e. The molecule has 0 radical (unpaired) electrons. The number of carboxylic acids is 1. The zero-order chi connectivity index (χ0) is 21.3. The number of nitrogens with one attached hydrogen (secondary N) is 2. The first-order valence-electron chi connectivity index (χ1n) is 10.4. The molecule has 2 atom stereocenters. The van der Waals surface area contributed by atoms with Crippen molar-refractivity contribution in [1.82, 2.24) is 10.6 Å². The number of amides is 2. The summed E-state index contributed by atoms with van der Waals surface area (Å²) in [6.07, 6.45) is 9.94. The highest BCUT2D eigenvalue weighted by atomic mass is 16.6. The third-order valence-electron chi connectivity index (χ3n) is 4.53. The Bertz CT molecular complexity index is 526. The molecule has 166 valence electrons. The van der Waals surface area contributed by atoms with E-state index in [1.807, 2.05) is 12.2 Å². The molecule has 0 aromatic carbocycles. The predicted molar refractivity (Wildman–Crippen MR) is 108 cm³/mol. The van der Waals surface area contributed by atoms with Gasteiger partial charge < -0.3 is 30.9 Å². The first kappa shape index (κ1) is 24.9. The van der Waals surface area contributed by atoms with Crippen molar-refractivity contribution in [3.8, 4) is 0 Å². The molecule has 0 fully saturated rings. The minimum atomic E-state index is -0.934. The maximum absolute atomic E-state index is 12.4. The normalized spacial score (nSPS) is 18.7. The number of hydrogen-bond donors (Lipinski definition) is 4. The van der Waals surface area contributed by atoms with Crippen LogP contribution in [0.15, 0.2) is 12.2 Å². The lowest BCUT2D eigenvalue weighted by atomic mass is 10.0. The molecule has 0 saturated carbocycles. The van der Waals surface area contributed by atoms with Gasteiger partial charge in [-0.3, -0.25) is 9.59 Å². The highest BCUT2D eigenvalue weighted by Gasteiger charge is 2.22. The molecule has 0 aliphatic heterocycles. The van der Waals surface area contributed by atoms with Crippen LogP contribution in [0.2, 0.25) is 0 Å². The minimum absolute atomic E-state index is 0.0847. The van der Waals surface area contributed by atoms with Crippen molar-refractivity contribution in [1.29, 1.82) is 0 Å². The number of carboxylic acid groups (broad SMARTS) is 1. The molecule has 1 aliphatic rings. The van der Waals surface area contributed by atoms with E-state index in [0.717, 1.165) is 38.5 Å². The Morgan fingerprint density at radius 2 is 2.00 bits per heavy atom. The van der Waals surface area contributed by atoms with Gasteiger partial charge in [-0.25, -0.2) is 4.79 Å². The van der Waals surface area contributed by atoms with Gasteiger partial charge in [0.2, 0.25) is 5.91 Å². The minimum Gasteiger partial charge on any atom is -0.481 e. The lowest BCUT2D eigenvalue weighted by molar-refractivity contribution is -0.138. The molecule has 9 nitrogen and oxygen atoms in total. The number of carbonyl (C=O) groups is 3. The molecule has 1 unspecified atom stereocenters. The molecule has 1 rings (SSSR count). The predicted octanol–water partition coefficient (Wildman–Crippen LogP) is 1.71. The fourth-order valence-corrected chi connectivity index (χ4v) is 2.93. The van der Waals surface area contributed by atoms with Crippen molar-refractivity contribution in [3.05, 3.63) is 12.2 Å². The number of rotatable bonds is 13. The summed E-state index contributed by atoms with van der Waals surface area (Å²) in [5.74, 6) is -1.26. The van der Waals surface area contributed by atoms with E-state index < -0.39 is 18.1 Å². The van der Waals surface area contributed by atoms with E-state index in [-0.39, 0.29) is 38.2 Å². The Balaban J connectivity index is 2.43. The van der Waals surface area contributed by atoms with Crippen LogP contribution in [0, 0.1) is 0 Å². The fourth-order valence-electron chi connectivity index (χ4n) is 2.93. The van der Waals surface area contributed by atoms with Gasteiger partial charge in [0.1, 0.15) is 12.1 Å². The fraction of sp³-hybridized carbons (Fsp3) is 0.750. The number of alkyl carbamates (subject to hydrolysis) is 1. The lowest BCUT2D eigenvalue weighted by Gasteiger charge is -2.21. The molecule has 0 heterocycles. The Morgan fingerprint density at radius 3 is 2.76 bits per heavy atom. The molecule has 29 heavy (non-hydrogen) atoms. The molecular formula is C20H35N3O6. The number of ether oxygens (including phenoxy) is 2. The van der Waals surface area contributed by atoms with Crippen LogP contribution >= 0.6 is 0 Å². The maximum Gasteiger partial charge on any atom is 0.408 e. The number of unbranched alkanes of at least 4 members (excludes halogenated alkanes) is 1. The van der Waals surface area contributed by atoms with Gasteiger partial charge in [0, 0.05) is 6.54 Å². The van der Waals surface area contributed by atoms with E-state index in [1.54, 1.807) is 0 Å². The summed E-state index contributed by atoms with van der Waals surface area (Å²) in [7, 11) is 0. The standard InChI is InChI=1S/C20H35N3O6/c21-12-7-6-10-17(19(26)22-13-15-28-14-11-18(24)25)23-20(27)29-16-8-4-2-1-3-5-9-16/h4,8,16-17H,1-3,5-7,9-15,21H2,(H,22,26)(H,23,27)(H,24,25)/b8-4+/t16?,17-/m0/s1. The summed E-state index contributed by atoms with van der Waals surface area (Å²) >= 11 is 0. The zero-order valence-electron chi connectivity index (χ0n) is 17.1. The number of nitrogens with two attached hydrogens (primary N) is 1. The average Bonchev–Trinajstić information content (AvgIpc) is 2.65. The number of carbonyl (C=O) groups excluding carboxylic acids is 2. The molecular weight excluding hydrogens is 378 g/mol. The Morgan fingerprint density at radius 1 is 1.17 bits per heavy atom. The van der Waals surface area contributed by atoms with Crippen molar-refractivity contribution in [3.63, 3.8) is 0 Å². The topological polar surface area (TPSA) is 140 Å². The van der Waals surface area contributed by atoms with Crippen LogP contribution in [0.3, 0.4) is 0 Å². The van der Waals surface area contributed by atoms with Gasteiger partial charge in [-0.1, -0.05) is 12.5 Å². The monoisotopic (exact) mass is 413 g/mol. The van der Waals surface area contributed by atoms with Gasteiger partial charge in [-0.2, -0.15) is 0 Å². The third-order valence-corrected chi connectivity index (χ3v) is 4.53. The van der Waals surface area contributed by atoms with E-state index in [1.165, 1.54) is 0 Å². The van der Waals surface area contributed by atoms with Crippen LogP contribution in [0.1, 0.15) is 57.8 Å². The SMILES string of the molecule is NCCCC[C@H](NC(=O)OC1/C=C/CCCCC1)C(=O)NCCOCCC(=O)O. The van der Waals surface area contributed by atoms with Gasteiger partial charge in [-0.05, 0) is 57.6 Å². The molecule has 0 aromatic rings. The second kappa shape index (κ2) is 15.8. The molecule has 5 N–H and O–H groups in total. The molecule has 2 amide bonds. The molecule has 0 spiro atoms. The molecule has 0 bridgehead atoms. The summed E-state index contributed by atoms with van der Waals surface area (Å²) in [6, 6.07) is -0.717. The van der Waals surface area contributed by atoms with E-state index in [2.05, 4.69) is 10.6 Å². The summed E-state index contributed by atoms with van der Waals surface area (Å²) in [6.45, 7) is 1.04. The Labute approximate surface area is 172 Å². The summed E-state index contributed by atoms with van der Waals surface area (Å²) in [5, 5.41) is 13.9. The Kier molecular flexibility index (Phi) is 13.5. The van der Waals surface area contributed by atoms with Crippen molar-refractivity contribution < 1.29 is 29.0 Å². The summed E-state index contributed by atoms with van der Waals surface area (Å²) < 4.78 is 10.6. The van der Waals surface area contributed by atoms with Crippen molar-refractivity contribution in [2.75, 3.05) is 26.3 Å². The van der Waals surface area contributed by atoms with Gasteiger partial charge in [0.05, 0.1) is 19.6 Å². The van der Waals surface area contributed by atoms with Crippen LogP contribution < -0.4 is 16.4 Å². The maximum atomic E-state index is 12.4. The van der Waals surface area contributed by atoms with Gasteiger partial charge in [0.15, 0.2) is 0 Å². The smallest absolute Gasteiger partial charge is 0.408 e. The van der Waals surface area contributed by atoms with Crippen LogP contribution in [0.5, 0.6) is 0 Å². The van der Waals surface area contributed by atoms with E-state index in [0.29, 0.717) is 19.4 Å². The highest BCUT2D eigenvalue weighted by Crippen LogP contribution is 2.14. The van der Waals surface area contributed by atoms with E-state index >= 15 is 0 Å². The quantitative estimate of drug-likeness (QED) is 0.266. The van der Waals surface area contributed by atoms with Crippen LogP contribution in [0.4, 0.5) is 4.79 Å². The average molecular weight is 414 g/mol. The summed E-state index contributed by atoms with van der Waals surface area (Å²) in [4.78, 5) is 35.1. The van der Waals surface area contributed by atoms with Crippen molar-refractivity contribution in [2.45, 2.75) is 69.9 Å². The van der Waals surface area contributed by atoms with Crippen LogP contribution in [-0.4, -0.2) is 61.5 Å². The first-order valence-corrected chi connectivity index (χ1v) is 10.4. The second-order valence-electron chi connectivity index (χ2n) is 7.04. The lowest BCUT2D eigenvalue weighted by Crippen LogP contribution is -2.48. The van der Waals surface area contributed by atoms with Crippen LogP contribution in [-0.2, 0) is 19.1 Å². The molecule has 0 aromatic heterocycles. The Hall–Kier alpha value is -2.13. The number of hydrogen-bond acceptors (Lipinski definition) is 6. The van der Waals surface area contributed by atoms with Gasteiger partial charge in [-0.15, -0.1) is 0 Å². The molecule has 9 heteroatoms. The zero-order valence-corrected chi connectivity index (χ0v) is 17.1. The number of aliphatic carboxylic acids is 1. The van der Waals surface area contributed by atoms with Gasteiger partial charge >= 0.3 is 12.1 Å². The molecule has 0 saturated heterocycles. The molecule has 1 aliphatic carbocycles. The first-order chi connectivity index (χ1) is 14.0. The van der Waals surface area contributed by atoms with Crippen molar-refractivity contribution in [2.24, 2.45) is 5.73 Å². The second-order valence-corrected chi connectivity index (χ2v) is 7.04. The van der Waals surface area contributed by atoms with E-state index in [9.17, 15) is 14.4 Å². The summed E-state index contributed by atoms with van der Waals surface area (Å²) in [5.41, 5.74) is 5.51. The number of allylic oxidation sites excluding steroid dienone is 1. The third kappa shape index (κ3) is 12.8. The van der Waals surface area contributed by atoms with Gasteiger partial charge in [0.25, 0.3) is 0 Å². The van der Waals surface area contributed by atoms with Crippen molar-refractivity contribution >= 4 is 18.0 Å². The van der Waals surface area contributed by atoms with E-state index in [4.69, 9.17) is 20.3 Å².